The van der Waals surface area contributed by atoms with Crippen molar-refractivity contribution in [3.63, 3.8) is 0 Å². The second-order valence-corrected chi connectivity index (χ2v) is 7.80. The Hall–Kier alpha value is -3.99. The Morgan fingerprint density at radius 1 is 1.12 bits per heavy atom. The average molecular weight is 486 g/mol. The first-order valence-corrected chi connectivity index (χ1v) is 10.5. The number of aromatic nitrogens is 6. The van der Waals surface area contributed by atoms with Crippen LogP contribution in [0.3, 0.4) is 0 Å². The lowest BCUT2D eigenvalue weighted by Crippen LogP contribution is -2.29. The number of H-pyrrole nitrogens is 1. The normalized spacial score (nSPS) is 12.4. The summed E-state index contributed by atoms with van der Waals surface area (Å²) < 4.78 is 43.4. The van der Waals surface area contributed by atoms with E-state index in [-0.39, 0.29) is 22.4 Å². The molecule has 0 aliphatic heterocycles. The summed E-state index contributed by atoms with van der Waals surface area (Å²) in [6.45, 7) is 1.82. The first-order valence-electron chi connectivity index (χ1n) is 10.1. The molecule has 8 nitrogen and oxygen atoms in total. The fourth-order valence-electron chi connectivity index (χ4n) is 3.76. The second kappa shape index (κ2) is 8.41. The van der Waals surface area contributed by atoms with E-state index in [1.165, 1.54) is 18.7 Å². The largest absolute Gasteiger partial charge is 0.358 e. The first-order chi connectivity index (χ1) is 16.4. The first kappa shape index (κ1) is 21.8. The van der Waals surface area contributed by atoms with Crippen LogP contribution in [0.25, 0.3) is 27.8 Å². The summed E-state index contributed by atoms with van der Waals surface area (Å²) in [5.41, 5.74) is 0.179. The molecule has 0 bridgehead atoms. The van der Waals surface area contributed by atoms with Crippen molar-refractivity contribution in [3.05, 3.63) is 81.6 Å². The van der Waals surface area contributed by atoms with Gasteiger partial charge in [-0.25, -0.2) is 33.1 Å². The van der Waals surface area contributed by atoms with Crippen molar-refractivity contribution >= 4 is 39.5 Å². The van der Waals surface area contributed by atoms with Crippen molar-refractivity contribution in [1.29, 1.82) is 0 Å². The molecule has 0 fully saturated rings. The van der Waals surface area contributed by atoms with E-state index in [0.717, 1.165) is 22.8 Å². The second-order valence-electron chi connectivity index (χ2n) is 7.42. The van der Waals surface area contributed by atoms with E-state index in [1.807, 2.05) is 6.92 Å². The van der Waals surface area contributed by atoms with Crippen LogP contribution in [-0.2, 0) is 0 Å². The van der Waals surface area contributed by atoms with Gasteiger partial charge in [-0.05, 0) is 30.7 Å². The topological polar surface area (TPSA) is 101 Å². The predicted molar refractivity (Wildman–Crippen MR) is 121 cm³/mol. The molecule has 12 heteroatoms. The SMILES string of the molecule is CC[C@@H](Nc1ncnc2[nH]cnc12)c1nc2ccc(F)c(Cl)c2c(=O)n1-c1cc(F)cc(F)c1. The number of halogens is 4. The zero-order chi connectivity index (χ0) is 24.0. The number of nitrogens with one attached hydrogen (secondary N) is 2. The molecule has 5 rings (SSSR count). The monoisotopic (exact) mass is 485 g/mol. The summed E-state index contributed by atoms with van der Waals surface area (Å²) in [5.74, 6) is -2.12. The molecule has 0 radical (unpaired) electrons. The molecule has 34 heavy (non-hydrogen) atoms. The van der Waals surface area contributed by atoms with Crippen LogP contribution in [0.2, 0.25) is 5.02 Å². The molecular formula is C22H15ClF3N7O. The van der Waals surface area contributed by atoms with E-state index in [1.54, 1.807) is 0 Å². The number of imidazole rings is 1. The van der Waals surface area contributed by atoms with E-state index < -0.39 is 34.1 Å². The van der Waals surface area contributed by atoms with Crippen LogP contribution in [0, 0.1) is 17.5 Å². The molecule has 172 valence electrons. The number of anilines is 1. The lowest BCUT2D eigenvalue weighted by molar-refractivity contribution is 0.578. The number of rotatable bonds is 5. The molecule has 0 spiro atoms. The molecule has 0 unspecified atom stereocenters. The Balaban J connectivity index is 1.78. The molecular weight excluding hydrogens is 471 g/mol. The van der Waals surface area contributed by atoms with Gasteiger partial charge < -0.3 is 10.3 Å². The van der Waals surface area contributed by atoms with Crippen molar-refractivity contribution in [2.45, 2.75) is 19.4 Å². The zero-order valence-corrected chi connectivity index (χ0v) is 18.2. The third-order valence-corrected chi connectivity index (χ3v) is 5.68. The van der Waals surface area contributed by atoms with Crippen LogP contribution >= 0.6 is 11.6 Å². The third kappa shape index (κ3) is 3.63. The molecule has 2 aromatic carbocycles. The number of hydrogen-bond acceptors (Lipinski definition) is 6. The molecule has 0 aliphatic carbocycles. The van der Waals surface area contributed by atoms with Crippen LogP contribution in [0.5, 0.6) is 0 Å². The van der Waals surface area contributed by atoms with Gasteiger partial charge in [-0.1, -0.05) is 18.5 Å². The molecule has 0 saturated carbocycles. The Kier molecular flexibility index (Phi) is 5.40. The lowest BCUT2D eigenvalue weighted by atomic mass is 10.1. The Bertz CT molecular complexity index is 1600. The van der Waals surface area contributed by atoms with Gasteiger partial charge in [-0.3, -0.25) is 9.36 Å². The smallest absolute Gasteiger partial charge is 0.267 e. The number of aromatic amines is 1. The minimum absolute atomic E-state index is 0.120. The summed E-state index contributed by atoms with van der Waals surface area (Å²) in [6.07, 6.45) is 3.18. The highest BCUT2D eigenvalue weighted by Crippen LogP contribution is 2.29. The molecule has 0 amide bonds. The molecule has 3 aromatic heterocycles. The fraction of sp³-hybridized carbons (Fsp3) is 0.136. The number of benzene rings is 2. The Labute approximate surface area is 194 Å². The van der Waals surface area contributed by atoms with Gasteiger partial charge in [-0.2, -0.15) is 0 Å². The quantitative estimate of drug-likeness (QED) is 0.374. The average Bonchev–Trinajstić information content (AvgIpc) is 3.28. The summed E-state index contributed by atoms with van der Waals surface area (Å²) in [5, 5.41) is 2.55. The van der Waals surface area contributed by atoms with E-state index >= 15 is 0 Å². The van der Waals surface area contributed by atoms with Gasteiger partial charge >= 0.3 is 0 Å². The number of fused-ring (bicyclic) bond motifs is 2. The van der Waals surface area contributed by atoms with Crippen LogP contribution in [0.1, 0.15) is 25.2 Å². The Morgan fingerprint density at radius 2 is 1.88 bits per heavy atom. The van der Waals surface area contributed by atoms with Gasteiger partial charge in [0.05, 0.1) is 34.0 Å². The van der Waals surface area contributed by atoms with Gasteiger partial charge in [0.1, 0.15) is 35.1 Å². The van der Waals surface area contributed by atoms with Gasteiger partial charge in [0.15, 0.2) is 11.5 Å². The molecule has 2 N–H and O–H groups in total. The standard InChI is InChI=1S/C22H15ClF3N7O/c1-2-14(31-20-18-19(28-8-27-18)29-9-30-20)21-32-15-4-3-13(26)17(23)16(15)22(34)33(21)12-6-10(24)5-11(25)7-12/h3-9,14H,2H2,1H3,(H2,27,28,29,30,31)/t14-/m1/s1. The maximum absolute atomic E-state index is 14.2. The highest BCUT2D eigenvalue weighted by atomic mass is 35.5. The summed E-state index contributed by atoms with van der Waals surface area (Å²) >= 11 is 6.08. The van der Waals surface area contributed by atoms with E-state index in [2.05, 4.69) is 30.2 Å². The molecule has 5 aromatic rings. The lowest BCUT2D eigenvalue weighted by Gasteiger charge is -2.22. The molecule has 3 heterocycles. The molecule has 1 atom stereocenters. The third-order valence-electron chi connectivity index (χ3n) is 5.31. The number of nitrogens with zero attached hydrogens (tertiary/aromatic N) is 5. The highest BCUT2D eigenvalue weighted by molar-refractivity contribution is 6.35. The summed E-state index contributed by atoms with van der Waals surface area (Å²) in [4.78, 5) is 33.5. The van der Waals surface area contributed by atoms with Gasteiger partial charge in [-0.15, -0.1) is 0 Å². The van der Waals surface area contributed by atoms with Crippen LogP contribution in [0.15, 0.2) is 47.8 Å². The van der Waals surface area contributed by atoms with E-state index in [4.69, 9.17) is 11.6 Å². The van der Waals surface area contributed by atoms with Crippen molar-refractivity contribution in [1.82, 2.24) is 29.5 Å². The van der Waals surface area contributed by atoms with Crippen molar-refractivity contribution < 1.29 is 13.2 Å². The fourth-order valence-corrected chi connectivity index (χ4v) is 4.00. The van der Waals surface area contributed by atoms with Gasteiger partial charge in [0, 0.05) is 6.07 Å². The molecule has 0 saturated heterocycles. The van der Waals surface area contributed by atoms with Crippen molar-refractivity contribution in [3.8, 4) is 5.69 Å². The molecule has 0 aliphatic rings. The van der Waals surface area contributed by atoms with Crippen molar-refractivity contribution in [2.24, 2.45) is 0 Å². The Morgan fingerprint density at radius 3 is 2.62 bits per heavy atom. The summed E-state index contributed by atoms with van der Waals surface area (Å²) in [7, 11) is 0. The van der Waals surface area contributed by atoms with Crippen LogP contribution in [0.4, 0.5) is 19.0 Å². The minimum Gasteiger partial charge on any atom is -0.358 e. The minimum atomic E-state index is -0.895. The maximum atomic E-state index is 14.2. The maximum Gasteiger partial charge on any atom is 0.267 e. The predicted octanol–water partition coefficient (Wildman–Crippen LogP) is 4.69. The highest BCUT2D eigenvalue weighted by Gasteiger charge is 2.24. The van der Waals surface area contributed by atoms with E-state index in [0.29, 0.717) is 29.5 Å². The number of hydrogen-bond donors (Lipinski definition) is 2. The van der Waals surface area contributed by atoms with Gasteiger partial charge in [0.25, 0.3) is 5.56 Å². The van der Waals surface area contributed by atoms with Crippen LogP contribution < -0.4 is 10.9 Å². The van der Waals surface area contributed by atoms with Gasteiger partial charge in [0.2, 0.25) is 0 Å². The zero-order valence-electron chi connectivity index (χ0n) is 17.5. The van der Waals surface area contributed by atoms with Crippen LogP contribution in [-0.4, -0.2) is 29.5 Å². The summed E-state index contributed by atoms with van der Waals surface area (Å²) in [6, 6.07) is 4.40. The van der Waals surface area contributed by atoms with E-state index in [9.17, 15) is 18.0 Å². The van der Waals surface area contributed by atoms with Crippen molar-refractivity contribution in [2.75, 3.05) is 5.32 Å².